The minimum absolute atomic E-state index is 0.124. The van der Waals surface area contributed by atoms with Crippen molar-refractivity contribution in [2.24, 2.45) is 23.7 Å². The van der Waals surface area contributed by atoms with E-state index in [0.717, 1.165) is 17.7 Å². The van der Waals surface area contributed by atoms with E-state index in [0.29, 0.717) is 0 Å². The van der Waals surface area contributed by atoms with E-state index in [-0.39, 0.29) is 59.3 Å². The minimum atomic E-state index is -0.552. The molecule has 1 N–H and O–H groups in total. The third-order valence-corrected chi connectivity index (χ3v) is 6.98. The van der Waals surface area contributed by atoms with E-state index in [1.807, 2.05) is 18.2 Å². The number of imide groups is 1. The van der Waals surface area contributed by atoms with Gasteiger partial charge in [-0.3, -0.25) is 29.4 Å². The van der Waals surface area contributed by atoms with Gasteiger partial charge in [0.1, 0.15) is 6.54 Å². The van der Waals surface area contributed by atoms with Crippen molar-refractivity contribution in [3.63, 3.8) is 0 Å². The van der Waals surface area contributed by atoms with Crippen molar-refractivity contribution >= 4 is 29.1 Å². The van der Waals surface area contributed by atoms with Gasteiger partial charge >= 0.3 is 0 Å². The van der Waals surface area contributed by atoms with Gasteiger partial charge in [0.2, 0.25) is 17.7 Å². The zero-order valence-corrected chi connectivity index (χ0v) is 16.6. The number of nitro groups is 1. The van der Waals surface area contributed by atoms with Gasteiger partial charge in [-0.2, -0.15) is 0 Å². The van der Waals surface area contributed by atoms with Crippen LogP contribution >= 0.6 is 0 Å². The molecule has 31 heavy (non-hydrogen) atoms. The quantitative estimate of drug-likeness (QED) is 0.455. The molecule has 3 fully saturated rings. The van der Waals surface area contributed by atoms with Crippen LogP contribution in [0.1, 0.15) is 24.3 Å². The van der Waals surface area contributed by atoms with Gasteiger partial charge in [0.25, 0.3) is 5.69 Å². The van der Waals surface area contributed by atoms with Crippen molar-refractivity contribution < 1.29 is 19.3 Å². The number of nitrogens with one attached hydrogen (secondary N) is 1. The Labute approximate surface area is 178 Å². The summed E-state index contributed by atoms with van der Waals surface area (Å²) < 4.78 is 0. The van der Waals surface area contributed by atoms with Crippen LogP contribution in [0.2, 0.25) is 0 Å². The molecule has 3 aliphatic rings. The number of likely N-dealkylation sites (tertiary alicyclic amines) is 1. The standard InChI is InChI=1S/C23H21N3O5/c27-19(24-15-7-4-8-16(11-15)26(30)31)12-25-22(28)20-14-9-17(13-5-2-1-3-6-13)18(10-14)21(20)23(25)29/h1-8,11,14,17-18,20-21H,9-10,12H2,(H,24,27)/t14-,17-,18+,20+,21+/m0/s1. The van der Waals surface area contributed by atoms with Crippen LogP contribution in [0.15, 0.2) is 54.6 Å². The van der Waals surface area contributed by atoms with Crippen LogP contribution in [0.3, 0.4) is 0 Å². The Hall–Kier alpha value is -3.55. The molecule has 8 nitrogen and oxygen atoms in total. The third-order valence-electron chi connectivity index (χ3n) is 6.98. The lowest BCUT2D eigenvalue weighted by molar-refractivity contribution is -0.384. The first-order chi connectivity index (χ1) is 14.9. The first-order valence-electron chi connectivity index (χ1n) is 10.4. The third kappa shape index (κ3) is 3.19. The number of rotatable bonds is 5. The molecule has 5 rings (SSSR count). The SMILES string of the molecule is O=C(CN1C(=O)[C@@H]2[C@@H]3C[C@@H]([C@H]2C1=O)[C@H](c1ccccc1)C3)Nc1cccc([N+](=O)[O-])c1. The first-order valence-corrected chi connectivity index (χ1v) is 10.4. The molecule has 2 saturated carbocycles. The number of amides is 3. The molecule has 158 valence electrons. The highest BCUT2D eigenvalue weighted by Crippen LogP contribution is 2.61. The number of anilines is 1. The van der Waals surface area contributed by atoms with Crippen molar-refractivity contribution in [2.45, 2.75) is 18.8 Å². The Bertz CT molecular complexity index is 1090. The number of hydrogen-bond donors (Lipinski definition) is 1. The van der Waals surface area contributed by atoms with Gasteiger partial charge in [-0.25, -0.2) is 0 Å². The van der Waals surface area contributed by atoms with Crippen molar-refractivity contribution in [3.8, 4) is 0 Å². The summed E-state index contributed by atoms with van der Waals surface area (Å²) in [7, 11) is 0. The number of carbonyl (C=O) groups is 3. The molecule has 2 aromatic carbocycles. The number of benzene rings is 2. The van der Waals surface area contributed by atoms with E-state index < -0.39 is 10.8 Å². The lowest BCUT2D eigenvalue weighted by atomic mass is 9.73. The Kier molecular flexibility index (Phi) is 4.57. The van der Waals surface area contributed by atoms with Crippen molar-refractivity contribution in [3.05, 3.63) is 70.3 Å². The number of non-ortho nitro benzene ring substituents is 1. The lowest BCUT2D eigenvalue weighted by Gasteiger charge is -2.28. The molecule has 1 saturated heterocycles. The molecule has 1 heterocycles. The second-order valence-corrected chi connectivity index (χ2v) is 8.58. The van der Waals surface area contributed by atoms with Gasteiger partial charge in [-0.05, 0) is 42.2 Å². The zero-order valence-electron chi connectivity index (χ0n) is 16.6. The predicted octanol–water partition coefficient (Wildman–Crippen LogP) is 2.96. The first kappa shape index (κ1) is 19.4. The number of fused-ring (bicyclic) bond motifs is 5. The molecule has 1 aliphatic heterocycles. The molecule has 0 unspecified atom stereocenters. The molecule has 0 radical (unpaired) electrons. The zero-order chi connectivity index (χ0) is 21.7. The summed E-state index contributed by atoms with van der Waals surface area (Å²) in [5.41, 5.74) is 1.31. The lowest BCUT2D eigenvalue weighted by Crippen LogP contribution is -2.39. The molecule has 0 spiro atoms. The summed E-state index contributed by atoms with van der Waals surface area (Å²) in [5.74, 6) is -1.21. The van der Waals surface area contributed by atoms with Crippen molar-refractivity contribution in [1.82, 2.24) is 4.90 Å². The fraction of sp³-hybridized carbons (Fsp3) is 0.348. The van der Waals surface area contributed by atoms with E-state index >= 15 is 0 Å². The Morgan fingerprint density at radius 1 is 1.03 bits per heavy atom. The van der Waals surface area contributed by atoms with Crippen molar-refractivity contribution in [1.29, 1.82) is 0 Å². The molecule has 2 aromatic rings. The van der Waals surface area contributed by atoms with Crippen LogP contribution < -0.4 is 5.32 Å². The van der Waals surface area contributed by atoms with Crippen LogP contribution in [0.5, 0.6) is 0 Å². The summed E-state index contributed by atoms with van der Waals surface area (Å²) in [6, 6.07) is 15.6. The van der Waals surface area contributed by atoms with Crippen LogP contribution in [-0.4, -0.2) is 34.1 Å². The molecular formula is C23H21N3O5. The largest absolute Gasteiger partial charge is 0.324 e. The van der Waals surface area contributed by atoms with Gasteiger partial charge in [0.15, 0.2) is 0 Å². The highest BCUT2D eigenvalue weighted by molar-refractivity contribution is 6.09. The molecule has 8 heteroatoms. The normalized spacial score (nSPS) is 28.6. The maximum Gasteiger partial charge on any atom is 0.271 e. The molecule has 2 bridgehead atoms. The number of nitrogens with zero attached hydrogens (tertiary/aromatic N) is 2. The molecule has 5 atom stereocenters. The minimum Gasteiger partial charge on any atom is -0.324 e. The average molecular weight is 419 g/mol. The summed E-state index contributed by atoms with van der Waals surface area (Å²) in [4.78, 5) is 50.1. The van der Waals surface area contributed by atoms with E-state index in [2.05, 4.69) is 17.4 Å². The summed E-state index contributed by atoms with van der Waals surface area (Å²) >= 11 is 0. The summed E-state index contributed by atoms with van der Waals surface area (Å²) in [6.45, 7) is -0.372. The van der Waals surface area contributed by atoms with Crippen LogP contribution in [0.25, 0.3) is 0 Å². The molecule has 2 aliphatic carbocycles. The topological polar surface area (TPSA) is 110 Å². The molecular weight excluding hydrogens is 398 g/mol. The molecule has 3 amide bonds. The van der Waals surface area contributed by atoms with Gasteiger partial charge < -0.3 is 5.32 Å². The van der Waals surface area contributed by atoms with Gasteiger partial charge in [0, 0.05) is 17.8 Å². The van der Waals surface area contributed by atoms with E-state index in [4.69, 9.17) is 0 Å². The van der Waals surface area contributed by atoms with Crippen LogP contribution in [0.4, 0.5) is 11.4 Å². The number of carbonyl (C=O) groups excluding carboxylic acids is 3. The van der Waals surface area contributed by atoms with Gasteiger partial charge in [0.05, 0.1) is 16.8 Å². The number of hydrogen-bond acceptors (Lipinski definition) is 5. The monoisotopic (exact) mass is 419 g/mol. The van der Waals surface area contributed by atoms with Crippen molar-refractivity contribution in [2.75, 3.05) is 11.9 Å². The number of nitro benzene ring substituents is 1. The highest BCUT2D eigenvalue weighted by Gasteiger charge is 2.63. The fourth-order valence-corrected chi connectivity index (χ4v) is 5.80. The summed E-state index contributed by atoms with van der Waals surface area (Å²) in [6.07, 6.45) is 1.77. The smallest absolute Gasteiger partial charge is 0.271 e. The summed E-state index contributed by atoms with van der Waals surface area (Å²) in [5, 5.41) is 13.5. The maximum absolute atomic E-state index is 13.1. The predicted molar refractivity (Wildman–Crippen MR) is 111 cm³/mol. The molecule has 0 aromatic heterocycles. The second kappa shape index (κ2) is 7.30. The van der Waals surface area contributed by atoms with E-state index in [9.17, 15) is 24.5 Å². The van der Waals surface area contributed by atoms with Gasteiger partial charge in [-0.15, -0.1) is 0 Å². The van der Waals surface area contributed by atoms with E-state index in [1.165, 1.54) is 29.8 Å². The average Bonchev–Trinajstić information content (AvgIpc) is 3.42. The second-order valence-electron chi connectivity index (χ2n) is 8.58. The fourth-order valence-electron chi connectivity index (χ4n) is 5.80. The van der Waals surface area contributed by atoms with E-state index in [1.54, 1.807) is 0 Å². The van der Waals surface area contributed by atoms with Crippen LogP contribution in [0, 0.1) is 33.8 Å². The van der Waals surface area contributed by atoms with Crippen LogP contribution in [-0.2, 0) is 14.4 Å². The Balaban J connectivity index is 1.30. The Morgan fingerprint density at radius 3 is 2.52 bits per heavy atom. The highest BCUT2D eigenvalue weighted by atomic mass is 16.6. The van der Waals surface area contributed by atoms with Gasteiger partial charge in [-0.1, -0.05) is 36.4 Å². The Morgan fingerprint density at radius 2 is 1.77 bits per heavy atom. The maximum atomic E-state index is 13.1.